The van der Waals surface area contributed by atoms with Crippen molar-refractivity contribution in [2.45, 2.75) is 20.8 Å². The van der Waals surface area contributed by atoms with Crippen molar-refractivity contribution < 1.29 is 4.49 Å². The Kier molecular flexibility index (Phi) is 4.30. The summed E-state index contributed by atoms with van der Waals surface area (Å²) >= 11 is 0. The first-order valence-corrected chi connectivity index (χ1v) is 11.5. The van der Waals surface area contributed by atoms with Crippen molar-refractivity contribution in [2.24, 2.45) is 0 Å². The van der Waals surface area contributed by atoms with Crippen molar-refractivity contribution in [1.29, 1.82) is 0 Å². The zero-order valence-corrected chi connectivity index (χ0v) is 19.2. The zero-order valence-electron chi connectivity index (χ0n) is 19.2. The minimum Gasteiger partial charge on any atom is -0.315 e. The van der Waals surface area contributed by atoms with Gasteiger partial charge in [0.25, 0.3) is 0 Å². The average molecular weight is 410 g/mol. The maximum Gasteiger partial charge on any atom is 0.553 e. The fourth-order valence-corrected chi connectivity index (χ4v) is 6.16. The fraction of sp³-hybridized carbons (Fsp3) is 0.138. The van der Waals surface area contributed by atoms with Gasteiger partial charge in [-0.3, -0.25) is 0 Å². The molecule has 0 amide bonds. The molecule has 1 nitrogen and oxygen atoms in total. The Labute approximate surface area is 191 Å². The van der Waals surface area contributed by atoms with E-state index in [4.69, 9.17) is 0 Å². The van der Waals surface area contributed by atoms with E-state index in [0.717, 1.165) is 0 Å². The molecule has 0 N–H and O–H groups in total. The molecule has 0 atom stereocenters. The number of benzene rings is 4. The van der Waals surface area contributed by atoms with E-state index in [0.29, 0.717) is 6.85 Å². The molecule has 6 rings (SSSR count). The number of hydrogen-bond donors (Lipinski definition) is 0. The summed E-state index contributed by atoms with van der Waals surface area (Å²) in [5.74, 6) is 0. The molecule has 152 valence electrons. The molecule has 0 fully saturated rings. The topological polar surface area (TPSA) is 3.01 Å². The van der Waals surface area contributed by atoms with Crippen LogP contribution in [0.15, 0.2) is 78.9 Å². The molecule has 0 aromatic heterocycles. The van der Waals surface area contributed by atoms with Crippen molar-refractivity contribution in [2.75, 3.05) is 7.05 Å². The second-order valence-electron chi connectivity index (χ2n) is 9.45. The molecular formula is C29H26B2N+. The van der Waals surface area contributed by atoms with Gasteiger partial charge in [-0.05, 0) is 43.5 Å². The molecular weight excluding hydrogens is 384 g/mol. The van der Waals surface area contributed by atoms with Gasteiger partial charge in [-0.2, -0.15) is 0 Å². The van der Waals surface area contributed by atoms with Crippen LogP contribution in [0.3, 0.4) is 0 Å². The average Bonchev–Trinajstić information content (AvgIpc) is 3.13. The SMILES string of the molecule is Cc1cc(-c2ccccc2)cc(C)c1B1c2cccc(C)c2B2c3c(cccc31)C=[N+]2C. The number of hydrogen-bond acceptors (Lipinski definition) is 0. The molecule has 0 bridgehead atoms. The first-order valence-electron chi connectivity index (χ1n) is 11.5. The van der Waals surface area contributed by atoms with E-state index in [-0.39, 0.29) is 6.71 Å². The van der Waals surface area contributed by atoms with E-state index >= 15 is 0 Å². The molecule has 0 saturated heterocycles. The van der Waals surface area contributed by atoms with Gasteiger partial charge in [0.05, 0.1) is 0 Å². The molecule has 2 heterocycles. The second kappa shape index (κ2) is 7.10. The monoisotopic (exact) mass is 410 g/mol. The lowest BCUT2D eigenvalue weighted by Crippen LogP contribution is -2.74. The molecule has 4 aromatic rings. The van der Waals surface area contributed by atoms with Gasteiger partial charge in [0.1, 0.15) is 13.3 Å². The molecule has 0 aliphatic carbocycles. The smallest absolute Gasteiger partial charge is 0.315 e. The fourth-order valence-electron chi connectivity index (χ4n) is 6.16. The maximum absolute atomic E-state index is 2.40. The first kappa shape index (κ1) is 19.4. The van der Waals surface area contributed by atoms with Gasteiger partial charge in [-0.15, -0.1) is 0 Å². The Morgan fingerprint density at radius 2 is 1.25 bits per heavy atom. The molecule has 3 heteroatoms. The highest BCUT2D eigenvalue weighted by Gasteiger charge is 2.50. The van der Waals surface area contributed by atoms with Crippen LogP contribution in [0.2, 0.25) is 0 Å². The summed E-state index contributed by atoms with van der Waals surface area (Å²) in [6.07, 6.45) is 2.32. The quantitative estimate of drug-likeness (QED) is 0.447. The van der Waals surface area contributed by atoms with Crippen LogP contribution in [0.1, 0.15) is 22.3 Å². The summed E-state index contributed by atoms with van der Waals surface area (Å²) in [5, 5.41) is 0. The Morgan fingerprint density at radius 3 is 1.97 bits per heavy atom. The van der Waals surface area contributed by atoms with Crippen molar-refractivity contribution >= 4 is 47.1 Å². The van der Waals surface area contributed by atoms with Crippen molar-refractivity contribution in [3.8, 4) is 11.1 Å². The van der Waals surface area contributed by atoms with E-state index < -0.39 is 0 Å². The standard InChI is InChI=1S/C29H26B2N/c1-19-10-8-14-25-28(19)31-29-23(18-32(31)4)13-9-15-26(29)30(25)27-20(2)16-24(17-21(27)3)22-11-6-5-7-12-22/h5-18H,1-4H3/q+1. The van der Waals surface area contributed by atoms with Gasteiger partial charge in [0.2, 0.25) is 6.71 Å². The third kappa shape index (κ3) is 2.70. The summed E-state index contributed by atoms with van der Waals surface area (Å²) in [5.41, 5.74) is 15.4. The maximum atomic E-state index is 2.40. The van der Waals surface area contributed by atoms with E-state index in [1.165, 1.54) is 60.7 Å². The largest absolute Gasteiger partial charge is 0.553 e. The van der Waals surface area contributed by atoms with Gasteiger partial charge in [-0.25, -0.2) is 0 Å². The molecule has 0 saturated carbocycles. The molecule has 0 spiro atoms. The lowest BCUT2D eigenvalue weighted by Gasteiger charge is -2.29. The molecule has 2 aliphatic heterocycles. The van der Waals surface area contributed by atoms with Crippen molar-refractivity contribution in [1.82, 2.24) is 0 Å². The Balaban J connectivity index is 1.62. The zero-order chi connectivity index (χ0) is 22.0. The minimum atomic E-state index is 0.265. The van der Waals surface area contributed by atoms with Gasteiger partial charge >= 0.3 is 6.85 Å². The van der Waals surface area contributed by atoms with Gasteiger partial charge in [0.15, 0.2) is 0 Å². The molecule has 2 aliphatic rings. The summed E-state index contributed by atoms with van der Waals surface area (Å²) < 4.78 is 2.40. The van der Waals surface area contributed by atoms with E-state index in [2.05, 4.69) is 117 Å². The van der Waals surface area contributed by atoms with Gasteiger partial charge in [0, 0.05) is 16.5 Å². The van der Waals surface area contributed by atoms with Gasteiger partial charge in [-0.1, -0.05) is 100 Å². The van der Waals surface area contributed by atoms with Crippen molar-refractivity contribution in [3.05, 3.63) is 101 Å². The lowest BCUT2D eigenvalue weighted by molar-refractivity contribution is -0.338. The number of aryl methyl sites for hydroxylation is 3. The Hall–Kier alpha value is -3.32. The number of nitrogens with zero attached hydrogens (tertiary/aromatic N) is 1. The van der Waals surface area contributed by atoms with E-state index in [1.807, 2.05) is 0 Å². The predicted octanol–water partition coefficient (Wildman–Crippen LogP) is 2.29. The summed E-state index contributed by atoms with van der Waals surface area (Å²) in [6, 6.07) is 29.2. The van der Waals surface area contributed by atoms with E-state index in [1.54, 1.807) is 0 Å². The third-order valence-electron chi connectivity index (χ3n) is 7.44. The van der Waals surface area contributed by atoms with Crippen LogP contribution >= 0.6 is 0 Å². The van der Waals surface area contributed by atoms with Crippen LogP contribution in [-0.4, -0.2) is 31.3 Å². The minimum absolute atomic E-state index is 0.265. The van der Waals surface area contributed by atoms with E-state index in [9.17, 15) is 0 Å². The molecule has 4 aromatic carbocycles. The third-order valence-corrected chi connectivity index (χ3v) is 7.44. The van der Waals surface area contributed by atoms with Crippen LogP contribution < -0.4 is 27.3 Å². The second-order valence-corrected chi connectivity index (χ2v) is 9.45. The first-order chi connectivity index (χ1) is 15.5. The molecule has 0 radical (unpaired) electrons. The summed E-state index contributed by atoms with van der Waals surface area (Å²) in [7, 11) is 2.22. The highest BCUT2D eigenvalue weighted by Crippen LogP contribution is 2.22. The molecule has 32 heavy (non-hydrogen) atoms. The Bertz CT molecular complexity index is 1400. The highest BCUT2D eigenvalue weighted by molar-refractivity contribution is 7.07. The number of rotatable bonds is 2. The van der Waals surface area contributed by atoms with Crippen LogP contribution in [0, 0.1) is 20.8 Å². The Morgan fingerprint density at radius 1 is 0.594 bits per heavy atom. The summed E-state index contributed by atoms with van der Waals surface area (Å²) in [6.45, 7) is 7.43. The predicted molar refractivity (Wildman–Crippen MR) is 140 cm³/mol. The van der Waals surface area contributed by atoms with Crippen molar-refractivity contribution in [3.63, 3.8) is 0 Å². The van der Waals surface area contributed by atoms with Crippen LogP contribution in [0.25, 0.3) is 11.1 Å². The number of fused-ring (bicyclic) bond motifs is 2. The normalized spacial score (nSPS) is 13.7. The van der Waals surface area contributed by atoms with Gasteiger partial charge < -0.3 is 4.49 Å². The summed E-state index contributed by atoms with van der Waals surface area (Å²) in [4.78, 5) is 0. The van der Waals surface area contributed by atoms with Crippen LogP contribution in [0.4, 0.5) is 0 Å². The lowest BCUT2D eigenvalue weighted by atomic mass is 9.24. The van der Waals surface area contributed by atoms with Crippen LogP contribution in [-0.2, 0) is 0 Å². The van der Waals surface area contributed by atoms with Crippen LogP contribution in [0.5, 0.6) is 0 Å². The highest BCUT2D eigenvalue weighted by atomic mass is 14.9. The molecule has 0 unspecified atom stereocenters.